The first-order valence-corrected chi connectivity index (χ1v) is 9.67. The summed E-state index contributed by atoms with van der Waals surface area (Å²) in [5.74, 6) is -0.0905. The number of amides is 1. The fraction of sp³-hybridized carbons (Fsp3) is 0.200. The molecule has 138 valence electrons. The van der Waals surface area contributed by atoms with Crippen LogP contribution in [0.25, 0.3) is 22.0 Å². The van der Waals surface area contributed by atoms with Crippen molar-refractivity contribution >= 4 is 28.1 Å². The predicted molar refractivity (Wildman–Crippen MR) is 107 cm³/mol. The number of aryl methyl sites for hydroxylation is 1. The lowest BCUT2D eigenvalue weighted by molar-refractivity contribution is 0.0952. The van der Waals surface area contributed by atoms with Crippen molar-refractivity contribution in [1.29, 1.82) is 0 Å². The van der Waals surface area contributed by atoms with Crippen molar-refractivity contribution in [3.8, 4) is 11.1 Å². The number of nitrogens with one attached hydrogen (secondary N) is 2. The molecule has 6 nitrogen and oxygen atoms in total. The van der Waals surface area contributed by atoms with Crippen LogP contribution in [0, 0.1) is 0 Å². The first-order valence-electron chi connectivity index (χ1n) is 8.80. The lowest BCUT2D eigenvalue weighted by Gasteiger charge is -2.05. The van der Waals surface area contributed by atoms with E-state index in [0.717, 1.165) is 26.9 Å². The van der Waals surface area contributed by atoms with E-state index in [9.17, 15) is 9.90 Å². The van der Waals surface area contributed by atoms with Crippen LogP contribution in [-0.4, -0.2) is 32.4 Å². The summed E-state index contributed by atoms with van der Waals surface area (Å²) >= 11 is 1.62. The van der Waals surface area contributed by atoms with Gasteiger partial charge in [-0.3, -0.25) is 9.89 Å². The molecule has 0 aliphatic carbocycles. The number of hydrogen-bond acceptors (Lipinski definition) is 4. The average Bonchev–Trinajstić information content (AvgIpc) is 3.45. The van der Waals surface area contributed by atoms with Gasteiger partial charge in [-0.15, -0.1) is 11.3 Å². The number of hydrogen-bond donors (Lipinski definition) is 3. The zero-order chi connectivity index (χ0) is 18.6. The Hall–Kier alpha value is -2.90. The molecule has 0 radical (unpaired) electrons. The number of carbonyl (C=O) groups is 1. The van der Waals surface area contributed by atoms with E-state index < -0.39 is 0 Å². The smallest absolute Gasteiger partial charge is 0.253 e. The molecule has 3 heterocycles. The number of aliphatic hydroxyl groups excluding tert-OH is 1. The first-order chi connectivity index (χ1) is 13.3. The summed E-state index contributed by atoms with van der Waals surface area (Å²) in [4.78, 5) is 13.9. The molecule has 0 bridgehead atoms. The predicted octanol–water partition coefficient (Wildman–Crippen LogP) is 3.41. The minimum Gasteiger partial charge on any atom is -0.396 e. The molecule has 3 N–H and O–H groups in total. The Morgan fingerprint density at radius 1 is 1.30 bits per heavy atom. The van der Waals surface area contributed by atoms with Crippen LogP contribution < -0.4 is 5.32 Å². The van der Waals surface area contributed by atoms with E-state index in [1.807, 2.05) is 46.6 Å². The molecule has 0 saturated heterocycles. The second-order valence-corrected chi connectivity index (χ2v) is 7.33. The number of thiophene rings is 1. The normalized spacial score (nSPS) is 11.1. The molecule has 3 aromatic heterocycles. The monoisotopic (exact) mass is 380 g/mol. The number of H-pyrrole nitrogens is 1. The second kappa shape index (κ2) is 7.77. The minimum atomic E-state index is -0.0905. The molecule has 1 aromatic carbocycles. The van der Waals surface area contributed by atoms with Crippen molar-refractivity contribution in [2.45, 2.75) is 19.5 Å². The third kappa shape index (κ3) is 3.65. The van der Waals surface area contributed by atoms with Crippen LogP contribution in [0.2, 0.25) is 0 Å². The third-order valence-corrected chi connectivity index (χ3v) is 5.40. The largest absolute Gasteiger partial charge is 0.396 e. The Labute approximate surface area is 160 Å². The van der Waals surface area contributed by atoms with Crippen LogP contribution in [0.15, 0.2) is 54.3 Å². The van der Waals surface area contributed by atoms with Gasteiger partial charge in [0.1, 0.15) is 0 Å². The highest BCUT2D eigenvalue weighted by atomic mass is 32.1. The van der Waals surface area contributed by atoms with Crippen LogP contribution >= 0.6 is 11.3 Å². The molecule has 1 amide bonds. The van der Waals surface area contributed by atoms with E-state index in [1.165, 1.54) is 0 Å². The maximum atomic E-state index is 12.8. The molecule has 0 aliphatic heterocycles. The average molecular weight is 380 g/mol. The SMILES string of the molecule is O=C(NCc1cccs1)c1cn(CCCO)c2cc(-c3cn[nH]c3)ccc12. The Balaban J connectivity index is 1.68. The molecule has 0 spiro atoms. The summed E-state index contributed by atoms with van der Waals surface area (Å²) in [6, 6.07) is 10.0. The molecule has 0 fully saturated rings. The fourth-order valence-electron chi connectivity index (χ4n) is 3.16. The van der Waals surface area contributed by atoms with Gasteiger partial charge in [0.05, 0.1) is 18.3 Å². The molecule has 4 rings (SSSR count). The summed E-state index contributed by atoms with van der Waals surface area (Å²) in [7, 11) is 0. The maximum absolute atomic E-state index is 12.8. The molecule has 0 unspecified atom stereocenters. The summed E-state index contributed by atoms with van der Waals surface area (Å²) < 4.78 is 2.04. The van der Waals surface area contributed by atoms with Crippen LogP contribution in [-0.2, 0) is 13.1 Å². The minimum absolute atomic E-state index is 0.0905. The van der Waals surface area contributed by atoms with E-state index >= 15 is 0 Å². The maximum Gasteiger partial charge on any atom is 0.253 e. The van der Waals surface area contributed by atoms with Crippen LogP contribution in [0.3, 0.4) is 0 Å². The molecule has 4 aromatic rings. The van der Waals surface area contributed by atoms with Gasteiger partial charge in [-0.25, -0.2) is 0 Å². The lowest BCUT2D eigenvalue weighted by Crippen LogP contribution is -2.22. The van der Waals surface area contributed by atoms with Crippen LogP contribution in [0.4, 0.5) is 0 Å². The second-order valence-electron chi connectivity index (χ2n) is 6.29. The van der Waals surface area contributed by atoms with Crippen molar-refractivity contribution in [3.05, 3.63) is 64.7 Å². The third-order valence-electron chi connectivity index (χ3n) is 4.52. The van der Waals surface area contributed by atoms with Crippen molar-refractivity contribution in [2.75, 3.05) is 6.61 Å². The Morgan fingerprint density at radius 2 is 2.22 bits per heavy atom. The number of benzene rings is 1. The zero-order valence-electron chi connectivity index (χ0n) is 14.7. The van der Waals surface area contributed by atoms with Gasteiger partial charge >= 0.3 is 0 Å². The van der Waals surface area contributed by atoms with E-state index in [-0.39, 0.29) is 12.5 Å². The number of carbonyl (C=O) groups excluding carboxylic acids is 1. The number of nitrogens with zero attached hydrogens (tertiary/aromatic N) is 2. The van der Waals surface area contributed by atoms with Gasteiger partial charge in [-0.1, -0.05) is 18.2 Å². The van der Waals surface area contributed by atoms with Crippen LogP contribution in [0.5, 0.6) is 0 Å². The van der Waals surface area contributed by atoms with E-state index in [1.54, 1.807) is 17.5 Å². The summed E-state index contributed by atoms with van der Waals surface area (Å²) in [6.45, 7) is 1.29. The Kier molecular flexibility index (Phi) is 5.04. The van der Waals surface area contributed by atoms with Gasteiger partial charge in [-0.2, -0.15) is 5.10 Å². The standard InChI is InChI=1S/C20H20N4O2S/c25-7-2-6-24-13-18(20(26)21-12-16-3-1-8-27-16)17-5-4-14(9-19(17)24)15-10-22-23-11-15/h1,3-5,8-11,13,25H,2,6-7,12H2,(H,21,26)(H,22,23). The van der Waals surface area contributed by atoms with Crippen LogP contribution in [0.1, 0.15) is 21.7 Å². The summed E-state index contributed by atoms with van der Waals surface area (Å²) in [6.07, 6.45) is 6.13. The number of rotatable bonds is 7. The summed E-state index contributed by atoms with van der Waals surface area (Å²) in [5.41, 5.74) is 3.65. The van der Waals surface area contributed by atoms with E-state index in [4.69, 9.17) is 0 Å². The van der Waals surface area contributed by atoms with E-state index in [0.29, 0.717) is 25.1 Å². The molecule has 27 heavy (non-hydrogen) atoms. The molecular weight excluding hydrogens is 360 g/mol. The van der Waals surface area contributed by atoms with Gasteiger partial charge in [0.2, 0.25) is 0 Å². The van der Waals surface area contributed by atoms with E-state index in [2.05, 4.69) is 21.6 Å². The molecule has 0 atom stereocenters. The lowest BCUT2D eigenvalue weighted by atomic mass is 10.1. The quantitative estimate of drug-likeness (QED) is 0.459. The number of fused-ring (bicyclic) bond motifs is 1. The Morgan fingerprint density at radius 3 is 2.96 bits per heavy atom. The highest BCUT2D eigenvalue weighted by molar-refractivity contribution is 7.09. The zero-order valence-corrected chi connectivity index (χ0v) is 15.5. The number of aromatic nitrogens is 3. The van der Waals surface area contributed by atoms with Crippen molar-refractivity contribution < 1.29 is 9.90 Å². The molecule has 7 heteroatoms. The topological polar surface area (TPSA) is 82.9 Å². The Bertz CT molecular complexity index is 1040. The van der Waals surface area contributed by atoms with Crippen molar-refractivity contribution in [1.82, 2.24) is 20.1 Å². The van der Waals surface area contributed by atoms with Gasteiger partial charge in [0, 0.05) is 46.9 Å². The molecule has 0 aliphatic rings. The number of aliphatic hydroxyl groups is 1. The van der Waals surface area contributed by atoms with Gasteiger partial charge < -0.3 is 15.0 Å². The first kappa shape index (κ1) is 17.5. The fourth-order valence-corrected chi connectivity index (χ4v) is 3.81. The van der Waals surface area contributed by atoms with Gasteiger partial charge in [0.15, 0.2) is 0 Å². The molecular formula is C20H20N4O2S. The van der Waals surface area contributed by atoms with Gasteiger partial charge in [-0.05, 0) is 29.5 Å². The highest BCUT2D eigenvalue weighted by Crippen LogP contribution is 2.28. The van der Waals surface area contributed by atoms with Crippen molar-refractivity contribution in [3.63, 3.8) is 0 Å². The van der Waals surface area contributed by atoms with Crippen molar-refractivity contribution in [2.24, 2.45) is 0 Å². The molecule has 0 saturated carbocycles. The van der Waals surface area contributed by atoms with Gasteiger partial charge in [0.25, 0.3) is 5.91 Å². The highest BCUT2D eigenvalue weighted by Gasteiger charge is 2.16. The summed E-state index contributed by atoms with van der Waals surface area (Å²) in [5, 5.41) is 21.9. The number of aromatic amines is 1.